The van der Waals surface area contributed by atoms with E-state index in [1.54, 1.807) is 11.3 Å². The predicted molar refractivity (Wildman–Crippen MR) is 64.9 cm³/mol. The first kappa shape index (κ1) is 9.99. The Hall–Kier alpha value is -1.20. The van der Waals surface area contributed by atoms with Crippen molar-refractivity contribution in [1.82, 2.24) is 9.97 Å². The van der Waals surface area contributed by atoms with Gasteiger partial charge in [0.05, 0.1) is 0 Å². The molecule has 16 heavy (non-hydrogen) atoms. The summed E-state index contributed by atoms with van der Waals surface area (Å²) in [6, 6.07) is 2.49. The van der Waals surface area contributed by atoms with Crippen LogP contribution >= 0.6 is 11.3 Å². The molecule has 1 N–H and O–H groups in total. The standard InChI is InChI=1S/C11H13N3OS/c1-4-15-5-2-9(1)13-11-12-7-8-3-6-16-10(8)14-11/h3,6-7,9H,1-2,4-5H2,(H,12,13,14). The number of aromatic nitrogens is 2. The second kappa shape index (κ2) is 4.35. The van der Waals surface area contributed by atoms with Gasteiger partial charge in [-0.05, 0) is 24.3 Å². The fraction of sp³-hybridized carbons (Fsp3) is 0.455. The Morgan fingerprint density at radius 2 is 2.25 bits per heavy atom. The summed E-state index contributed by atoms with van der Waals surface area (Å²) >= 11 is 1.65. The van der Waals surface area contributed by atoms with E-state index in [1.807, 2.05) is 17.6 Å². The van der Waals surface area contributed by atoms with E-state index in [-0.39, 0.29) is 0 Å². The molecule has 1 fully saturated rings. The van der Waals surface area contributed by atoms with Crippen molar-refractivity contribution in [3.8, 4) is 0 Å². The van der Waals surface area contributed by atoms with E-state index in [0.717, 1.165) is 42.2 Å². The first-order chi connectivity index (χ1) is 7.92. The normalized spacial score (nSPS) is 17.8. The molecule has 0 spiro atoms. The summed E-state index contributed by atoms with van der Waals surface area (Å²) in [4.78, 5) is 9.85. The van der Waals surface area contributed by atoms with Gasteiger partial charge in [0.1, 0.15) is 4.83 Å². The highest BCUT2D eigenvalue weighted by atomic mass is 32.1. The molecular formula is C11H13N3OS. The van der Waals surface area contributed by atoms with Crippen molar-refractivity contribution in [2.24, 2.45) is 0 Å². The van der Waals surface area contributed by atoms with Gasteiger partial charge in [-0.3, -0.25) is 0 Å². The van der Waals surface area contributed by atoms with Gasteiger partial charge in [-0.15, -0.1) is 11.3 Å². The summed E-state index contributed by atoms with van der Waals surface area (Å²) in [5, 5.41) is 6.52. The maximum atomic E-state index is 5.32. The van der Waals surface area contributed by atoms with Crippen molar-refractivity contribution < 1.29 is 4.74 Å². The highest BCUT2D eigenvalue weighted by Crippen LogP contribution is 2.19. The number of hydrogen-bond acceptors (Lipinski definition) is 5. The van der Waals surface area contributed by atoms with Gasteiger partial charge in [-0.25, -0.2) is 9.97 Å². The number of thiophene rings is 1. The van der Waals surface area contributed by atoms with Gasteiger partial charge in [-0.1, -0.05) is 0 Å². The Kier molecular flexibility index (Phi) is 2.71. The van der Waals surface area contributed by atoms with Gasteiger partial charge in [0.15, 0.2) is 0 Å². The summed E-state index contributed by atoms with van der Waals surface area (Å²) < 4.78 is 5.32. The number of ether oxygens (including phenoxy) is 1. The molecule has 84 valence electrons. The van der Waals surface area contributed by atoms with E-state index < -0.39 is 0 Å². The highest BCUT2D eigenvalue weighted by molar-refractivity contribution is 7.16. The molecule has 0 atom stereocenters. The van der Waals surface area contributed by atoms with Crippen LogP contribution in [-0.4, -0.2) is 29.2 Å². The molecule has 5 heteroatoms. The average Bonchev–Trinajstić information content (AvgIpc) is 2.77. The first-order valence-corrected chi connectivity index (χ1v) is 6.34. The van der Waals surface area contributed by atoms with Crippen LogP contribution in [0.1, 0.15) is 12.8 Å². The summed E-state index contributed by atoms with van der Waals surface area (Å²) in [6.07, 6.45) is 3.94. The van der Waals surface area contributed by atoms with Crippen LogP contribution in [0.3, 0.4) is 0 Å². The Morgan fingerprint density at radius 3 is 3.12 bits per heavy atom. The maximum absolute atomic E-state index is 5.32. The molecule has 0 amide bonds. The number of fused-ring (bicyclic) bond motifs is 1. The number of hydrogen-bond donors (Lipinski definition) is 1. The molecule has 1 aliphatic rings. The van der Waals surface area contributed by atoms with E-state index in [0.29, 0.717) is 6.04 Å². The monoisotopic (exact) mass is 235 g/mol. The third-order valence-electron chi connectivity index (χ3n) is 2.76. The zero-order chi connectivity index (χ0) is 10.8. The smallest absolute Gasteiger partial charge is 0.224 e. The van der Waals surface area contributed by atoms with Gasteiger partial charge in [-0.2, -0.15) is 0 Å². The van der Waals surface area contributed by atoms with Crippen molar-refractivity contribution >= 4 is 27.5 Å². The molecule has 3 rings (SSSR count). The van der Waals surface area contributed by atoms with Gasteiger partial charge in [0, 0.05) is 30.8 Å². The van der Waals surface area contributed by atoms with Crippen molar-refractivity contribution in [2.45, 2.75) is 18.9 Å². The van der Waals surface area contributed by atoms with E-state index in [4.69, 9.17) is 4.74 Å². The number of anilines is 1. The molecule has 0 radical (unpaired) electrons. The van der Waals surface area contributed by atoms with E-state index in [9.17, 15) is 0 Å². The van der Waals surface area contributed by atoms with Crippen molar-refractivity contribution in [3.05, 3.63) is 17.6 Å². The van der Waals surface area contributed by atoms with Crippen LogP contribution in [0.4, 0.5) is 5.95 Å². The largest absolute Gasteiger partial charge is 0.381 e. The zero-order valence-electron chi connectivity index (χ0n) is 8.85. The third kappa shape index (κ3) is 2.01. The third-order valence-corrected chi connectivity index (χ3v) is 3.58. The minimum absolute atomic E-state index is 0.450. The lowest BCUT2D eigenvalue weighted by Crippen LogP contribution is -2.28. The lowest BCUT2D eigenvalue weighted by molar-refractivity contribution is 0.0903. The Bertz CT molecular complexity index is 479. The second-order valence-electron chi connectivity index (χ2n) is 3.91. The molecular weight excluding hydrogens is 222 g/mol. The van der Waals surface area contributed by atoms with Gasteiger partial charge < -0.3 is 10.1 Å². The summed E-state index contributed by atoms with van der Waals surface area (Å²) in [5.41, 5.74) is 0. The maximum Gasteiger partial charge on any atom is 0.224 e. The predicted octanol–water partition coefficient (Wildman–Crippen LogP) is 2.28. The van der Waals surface area contributed by atoms with Crippen molar-refractivity contribution in [1.29, 1.82) is 0 Å². The molecule has 4 nitrogen and oxygen atoms in total. The van der Waals surface area contributed by atoms with Crippen LogP contribution in [-0.2, 0) is 4.74 Å². The fourth-order valence-electron chi connectivity index (χ4n) is 1.85. The molecule has 2 aromatic rings. The minimum atomic E-state index is 0.450. The minimum Gasteiger partial charge on any atom is -0.381 e. The first-order valence-electron chi connectivity index (χ1n) is 5.46. The molecule has 2 aromatic heterocycles. The Labute approximate surface area is 97.7 Å². The van der Waals surface area contributed by atoms with E-state index in [1.165, 1.54) is 0 Å². The van der Waals surface area contributed by atoms with E-state index in [2.05, 4.69) is 15.3 Å². The molecule has 0 aliphatic carbocycles. The Balaban J connectivity index is 1.77. The van der Waals surface area contributed by atoms with Crippen LogP contribution in [0.25, 0.3) is 10.2 Å². The van der Waals surface area contributed by atoms with Crippen molar-refractivity contribution in [2.75, 3.05) is 18.5 Å². The lowest BCUT2D eigenvalue weighted by atomic mass is 10.1. The Morgan fingerprint density at radius 1 is 1.38 bits per heavy atom. The lowest BCUT2D eigenvalue weighted by Gasteiger charge is -2.22. The molecule has 1 aliphatic heterocycles. The van der Waals surface area contributed by atoms with Crippen molar-refractivity contribution in [3.63, 3.8) is 0 Å². The molecule has 0 aromatic carbocycles. The van der Waals surface area contributed by atoms with Crippen LogP contribution in [0.5, 0.6) is 0 Å². The van der Waals surface area contributed by atoms with Crippen LogP contribution in [0.2, 0.25) is 0 Å². The zero-order valence-corrected chi connectivity index (χ0v) is 9.67. The molecule has 0 saturated carbocycles. The molecule has 1 saturated heterocycles. The number of rotatable bonds is 2. The topological polar surface area (TPSA) is 47.0 Å². The molecule has 0 bridgehead atoms. The second-order valence-corrected chi connectivity index (χ2v) is 4.80. The van der Waals surface area contributed by atoms with E-state index >= 15 is 0 Å². The van der Waals surface area contributed by atoms with Gasteiger partial charge in [0.25, 0.3) is 0 Å². The SMILES string of the molecule is c1cc2cnc(NC3CCOCC3)nc2s1. The fourth-order valence-corrected chi connectivity index (χ4v) is 2.59. The van der Waals surface area contributed by atoms with Crippen LogP contribution in [0.15, 0.2) is 17.6 Å². The van der Waals surface area contributed by atoms with Crippen LogP contribution in [0, 0.1) is 0 Å². The number of nitrogens with zero attached hydrogens (tertiary/aromatic N) is 2. The molecule has 3 heterocycles. The summed E-state index contributed by atoms with van der Waals surface area (Å²) in [6.45, 7) is 1.66. The summed E-state index contributed by atoms with van der Waals surface area (Å²) in [7, 11) is 0. The average molecular weight is 235 g/mol. The van der Waals surface area contributed by atoms with Gasteiger partial charge in [0.2, 0.25) is 5.95 Å². The van der Waals surface area contributed by atoms with Gasteiger partial charge >= 0.3 is 0 Å². The summed E-state index contributed by atoms with van der Waals surface area (Å²) in [5.74, 6) is 0.738. The quantitative estimate of drug-likeness (QED) is 0.867. The molecule has 0 unspecified atom stereocenters. The highest BCUT2D eigenvalue weighted by Gasteiger charge is 2.14. The van der Waals surface area contributed by atoms with Crippen LogP contribution < -0.4 is 5.32 Å². The number of nitrogens with one attached hydrogen (secondary N) is 1.